The average Bonchev–Trinajstić information content (AvgIpc) is 3.16. The Labute approximate surface area is 205 Å². The highest BCUT2D eigenvalue weighted by Gasteiger charge is 2.35. The van der Waals surface area contributed by atoms with E-state index in [2.05, 4.69) is 5.32 Å². The molecule has 7 nitrogen and oxygen atoms in total. The number of rotatable bonds is 4. The number of nitrogens with zero attached hydrogens (tertiary/aromatic N) is 2. The zero-order valence-corrected chi connectivity index (χ0v) is 21.0. The normalized spacial score (nSPS) is 16.7. The fourth-order valence-corrected chi connectivity index (χ4v) is 5.17. The molecule has 33 heavy (non-hydrogen) atoms. The minimum absolute atomic E-state index is 0.0713. The summed E-state index contributed by atoms with van der Waals surface area (Å²) in [6.45, 7) is 4.51. The number of carbonyl (C=O) groups excluding carboxylic acids is 2. The Hall–Kier alpha value is -2.84. The van der Waals surface area contributed by atoms with Crippen molar-refractivity contribution in [1.82, 2.24) is 5.32 Å². The number of nitrogens with one attached hydrogen (secondary N) is 1. The standard InChI is InChI=1S/C22H18ClN3O4S3/c1-22(2,3)33(29,30)16(12-24)11-18-13(8-9-32-18)10-17-19(27)25-21(31)26(20(17)28)15-6-4-14(23)5-7-15/h4-11H,1-3H3,(H,25,27,31). The molecule has 0 unspecified atom stereocenters. The number of thiophene rings is 1. The Morgan fingerprint density at radius 1 is 1.21 bits per heavy atom. The van der Waals surface area contributed by atoms with E-state index in [9.17, 15) is 23.3 Å². The smallest absolute Gasteiger partial charge is 0.270 e. The summed E-state index contributed by atoms with van der Waals surface area (Å²) in [7, 11) is -3.89. The first-order chi connectivity index (χ1) is 15.4. The first-order valence-electron chi connectivity index (χ1n) is 9.48. The van der Waals surface area contributed by atoms with Gasteiger partial charge in [-0.2, -0.15) is 5.26 Å². The van der Waals surface area contributed by atoms with E-state index in [1.807, 2.05) is 0 Å². The number of benzene rings is 1. The highest BCUT2D eigenvalue weighted by molar-refractivity contribution is 7.97. The zero-order chi connectivity index (χ0) is 24.6. The van der Waals surface area contributed by atoms with Gasteiger partial charge in [-0.05, 0) is 86.4 Å². The maximum atomic E-state index is 13.2. The monoisotopic (exact) mass is 519 g/mol. The Balaban J connectivity index is 2.06. The molecule has 2 amide bonds. The van der Waals surface area contributed by atoms with Crippen LogP contribution < -0.4 is 10.2 Å². The number of allylic oxidation sites excluding steroid dienone is 1. The lowest BCUT2D eigenvalue weighted by atomic mass is 10.1. The number of sulfone groups is 1. The Morgan fingerprint density at radius 2 is 1.85 bits per heavy atom. The molecule has 0 atom stereocenters. The van der Waals surface area contributed by atoms with Gasteiger partial charge in [-0.25, -0.2) is 8.42 Å². The first kappa shape index (κ1) is 24.8. The molecule has 0 saturated carbocycles. The van der Waals surface area contributed by atoms with Crippen LogP contribution in [0.2, 0.25) is 5.02 Å². The number of nitriles is 1. The van der Waals surface area contributed by atoms with Gasteiger partial charge in [-0.1, -0.05) is 11.6 Å². The number of thiocarbonyl (C=S) groups is 1. The van der Waals surface area contributed by atoms with E-state index < -0.39 is 31.3 Å². The van der Waals surface area contributed by atoms with Crippen LogP contribution in [0.1, 0.15) is 31.2 Å². The molecule has 2 aromatic rings. The van der Waals surface area contributed by atoms with Crippen molar-refractivity contribution in [2.75, 3.05) is 4.90 Å². The molecule has 1 aliphatic rings. The number of carbonyl (C=O) groups is 2. The number of halogens is 1. The minimum Gasteiger partial charge on any atom is -0.298 e. The molecule has 170 valence electrons. The van der Waals surface area contributed by atoms with Gasteiger partial charge in [0.25, 0.3) is 11.8 Å². The maximum Gasteiger partial charge on any atom is 0.270 e. The zero-order valence-electron chi connectivity index (χ0n) is 17.7. The fourth-order valence-electron chi connectivity index (χ4n) is 2.82. The van der Waals surface area contributed by atoms with E-state index in [0.29, 0.717) is 21.2 Å². The lowest BCUT2D eigenvalue weighted by Crippen LogP contribution is -2.54. The fraction of sp³-hybridized carbons (Fsp3) is 0.182. The third-order valence-electron chi connectivity index (χ3n) is 4.68. The highest BCUT2D eigenvalue weighted by atomic mass is 35.5. The van der Waals surface area contributed by atoms with E-state index in [0.717, 1.165) is 0 Å². The Kier molecular flexibility index (Phi) is 6.91. The van der Waals surface area contributed by atoms with Crippen LogP contribution in [0.25, 0.3) is 12.2 Å². The number of anilines is 1. The average molecular weight is 520 g/mol. The van der Waals surface area contributed by atoms with Gasteiger partial charge in [0.05, 0.1) is 10.4 Å². The molecule has 3 rings (SSSR count). The predicted octanol–water partition coefficient (Wildman–Crippen LogP) is 4.31. The summed E-state index contributed by atoms with van der Waals surface area (Å²) in [6.07, 6.45) is 2.61. The van der Waals surface area contributed by atoms with Crippen LogP contribution in [-0.4, -0.2) is 30.1 Å². The highest BCUT2D eigenvalue weighted by Crippen LogP contribution is 2.30. The molecule has 1 aromatic carbocycles. The molecule has 0 bridgehead atoms. The van der Waals surface area contributed by atoms with E-state index in [4.69, 9.17) is 23.8 Å². The molecule has 1 saturated heterocycles. The summed E-state index contributed by atoms with van der Waals surface area (Å²) in [5.41, 5.74) is 0.650. The van der Waals surface area contributed by atoms with Crippen molar-refractivity contribution in [3.05, 3.63) is 61.7 Å². The summed E-state index contributed by atoms with van der Waals surface area (Å²) >= 11 is 12.3. The van der Waals surface area contributed by atoms with Crippen LogP contribution in [0.3, 0.4) is 0 Å². The largest absolute Gasteiger partial charge is 0.298 e. The Morgan fingerprint density at radius 3 is 2.42 bits per heavy atom. The van der Waals surface area contributed by atoms with E-state index in [-0.39, 0.29) is 10.7 Å². The maximum absolute atomic E-state index is 13.2. The first-order valence-corrected chi connectivity index (χ1v) is 12.6. The van der Waals surface area contributed by atoms with Crippen molar-refractivity contribution in [2.45, 2.75) is 25.5 Å². The number of hydrogen-bond acceptors (Lipinski definition) is 7. The summed E-state index contributed by atoms with van der Waals surface area (Å²) in [5.74, 6) is -1.32. The second kappa shape index (κ2) is 9.19. The van der Waals surface area contributed by atoms with Gasteiger partial charge in [-0.15, -0.1) is 11.3 Å². The van der Waals surface area contributed by atoms with Gasteiger partial charge in [0.2, 0.25) is 0 Å². The van der Waals surface area contributed by atoms with Gasteiger partial charge in [0.15, 0.2) is 14.9 Å². The van der Waals surface area contributed by atoms with Gasteiger partial charge in [-0.3, -0.25) is 19.8 Å². The van der Waals surface area contributed by atoms with Crippen LogP contribution in [-0.2, 0) is 19.4 Å². The molecule has 1 aromatic heterocycles. The van der Waals surface area contributed by atoms with Crippen molar-refractivity contribution >= 4 is 79.8 Å². The van der Waals surface area contributed by atoms with Gasteiger partial charge in [0.1, 0.15) is 16.5 Å². The molecular formula is C22H18ClN3O4S3. The van der Waals surface area contributed by atoms with E-state index >= 15 is 0 Å². The summed E-state index contributed by atoms with van der Waals surface area (Å²) in [4.78, 5) is 26.9. The summed E-state index contributed by atoms with van der Waals surface area (Å²) < 4.78 is 24.3. The molecule has 1 N–H and O–H groups in total. The SMILES string of the molecule is CC(C)(C)S(=O)(=O)C(C#N)=Cc1sccc1C=C1C(=O)NC(=S)N(c2ccc(Cl)cc2)C1=O. The van der Waals surface area contributed by atoms with Gasteiger partial charge in [0, 0.05) is 9.90 Å². The van der Waals surface area contributed by atoms with Crippen LogP contribution in [0, 0.1) is 11.3 Å². The molecule has 1 fully saturated rings. The van der Waals surface area contributed by atoms with Crippen molar-refractivity contribution in [3.8, 4) is 6.07 Å². The van der Waals surface area contributed by atoms with E-state index in [1.165, 1.54) is 49.2 Å². The van der Waals surface area contributed by atoms with Crippen molar-refractivity contribution in [3.63, 3.8) is 0 Å². The second-order valence-electron chi connectivity index (χ2n) is 7.91. The van der Waals surface area contributed by atoms with Gasteiger partial charge >= 0.3 is 0 Å². The van der Waals surface area contributed by atoms with E-state index in [1.54, 1.807) is 41.8 Å². The molecule has 1 aliphatic heterocycles. The molecule has 11 heteroatoms. The molecule has 2 heterocycles. The molecule has 0 radical (unpaired) electrons. The quantitative estimate of drug-likeness (QED) is 0.279. The lowest BCUT2D eigenvalue weighted by molar-refractivity contribution is -0.122. The molecule has 0 aliphatic carbocycles. The second-order valence-corrected chi connectivity index (χ2v) is 12.4. The van der Waals surface area contributed by atoms with Crippen LogP contribution >= 0.6 is 35.2 Å². The summed E-state index contributed by atoms with van der Waals surface area (Å²) in [6, 6.07) is 9.75. The third kappa shape index (κ3) is 4.91. The lowest BCUT2D eigenvalue weighted by Gasteiger charge is -2.28. The number of hydrogen-bond donors (Lipinski definition) is 1. The molecular weight excluding hydrogens is 502 g/mol. The van der Waals surface area contributed by atoms with Crippen molar-refractivity contribution in [1.29, 1.82) is 5.26 Å². The summed E-state index contributed by atoms with van der Waals surface area (Å²) in [5, 5.41) is 14.0. The minimum atomic E-state index is -3.89. The van der Waals surface area contributed by atoms with Crippen molar-refractivity contribution in [2.24, 2.45) is 0 Å². The topological polar surface area (TPSA) is 107 Å². The predicted molar refractivity (Wildman–Crippen MR) is 134 cm³/mol. The molecule has 0 spiro atoms. The van der Waals surface area contributed by atoms with Crippen LogP contribution in [0.15, 0.2) is 46.2 Å². The Bertz CT molecular complexity index is 1360. The number of amides is 2. The third-order valence-corrected chi connectivity index (χ3v) is 8.50. The van der Waals surface area contributed by atoms with Crippen LogP contribution in [0.4, 0.5) is 5.69 Å². The van der Waals surface area contributed by atoms with Crippen molar-refractivity contribution < 1.29 is 18.0 Å². The van der Waals surface area contributed by atoms with Crippen LogP contribution in [0.5, 0.6) is 0 Å². The van der Waals surface area contributed by atoms with Gasteiger partial charge < -0.3 is 0 Å².